The third kappa shape index (κ3) is 1.95. The zero-order chi connectivity index (χ0) is 9.97. The van der Waals surface area contributed by atoms with E-state index in [1.54, 1.807) is 0 Å². The number of rotatable bonds is 2. The van der Waals surface area contributed by atoms with Crippen molar-refractivity contribution in [3.05, 3.63) is 16.3 Å². The molecule has 0 N–H and O–H groups in total. The van der Waals surface area contributed by atoms with Gasteiger partial charge in [-0.2, -0.15) is 0 Å². The van der Waals surface area contributed by atoms with Crippen LogP contribution in [0.25, 0.3) is 0 Å². The summed E-state index contributed by atoms with van der Waals surface area (Å²) in [6.45, 7) is 0. The molecule has 1 aliphatic carbocycles. The molecule has 0 radical (unpaired) electrons. The first-order valence-electron chi connectivity index (χ1n) is 4.42. The lowest BCUT2D eigenvalue weighted by Gasteiger charge is -1.89. The fourth-order valence-corrected chi connectivity index (χ4v) is 2.07. The van der Waals surface area contributed by atoms with E-state index in [-0.39, 0.29) is 5.00 Å². The van der Waals surface area contributed by atoms with Gasteiger partial charge in [-0.1, -0.05) is 0 Å². The van der Waals surface area contributed by atoms with Gasteiger partial charge in [0.25, 0.3) is 0 Å². The molecule has 74 valence electrons. The summed E-state index contributed by atoms with van der Waals surface area (Å²) < 4.78 is 0. The van der Waals surface area contributed by atoms with E-state index in [0.717, 1.165) is 29.9 Å². The third-order valence-electron chi connectivity index (χ3n) is 2.10. The van der Waals surface area contributed by atoms with Crippen molar-refractivity contribution in [3.63, 3.8) is 0 Å². The molecule has 0 saturated heterocycles. The Balaban J connectivity index is 2.16. The van der Waals surface area contributed by atoms with Crippen molar-refractivity contribution in [1.82, 2.24) is 4.98 Å². The van der Waals surface area contributed by atoms with Crippen molar-refractivity contribution in [3.8, 4) is 0 Å². The van der Waals surface area contributed by atoms with Crippen LogP contribution in [0, 0.1) is 10.1 Å². The van der Waals surface area contributed by atoms with E-state index >= 15 is 0 Å². The summed E-state index contributed by atoms with van der Waals surface area (Å²) in [4.78, 5) is 18.1. The topological polar surface area (TPSA) is 68.4 Å². The Bertz CT molecular complexity index is 378. The molecule has 0 bridgehead atoms. The first kappa shape index (κ1) is 9.26. The zero-order valence-electron chi connectivity index (χ0n) is 7.47. The number of aromatic nitrogens is 1. The van der Waals surface area contributed by atoms with E-state index < -0.39 is 4.92 Å². The highest BCUT2D eigenvalue weighted by Gasteiger charge is 2.13. The fraction of sp³-hybridized carbons (Fsp3) is 0.500. The highest BCUT2D eigenvalue weighted by atomic mass is 32.1. The summed E-state index contributed by atoms with van der Waals surface area (Å²) in [7, 11) is 0. The minimum Gasteiger partial charge on any atom is -0.257 e. The molecule has 0 unspecified atom stereocenters. The predicted molar refractivity (Wildman–Crippen MR) is 54.3 cm³/mol. The molecule has 6 heteroatoms. The highest BCUT2D eigenvalue weighted by molar-refractivity contribution is 7.18. The SMILES string of the molecule is O=[N+]([O-])c1cnc(N=C2CCCC2)s1. The molecule has 0 atom stereocenters. The van der Waals surface area contributed by atoms with E-state index in [1.165, 1.54) is 19.0 Å². The summed E-state index contributed by atoms with van der Waals surface area (Å²) in [6.07, 6.45) is 5.62. The normalized spacial score (nSPS) is 15.9. The highest BCUT2D eigenvalue weighted by Crippen LogP contribution is 2.29. The molecule has 1 aliphatic rings. The second-order valence-corrected chi connectivity index (χ2v) is 4.11. The molecule has 14 heavy (non-hydrogen) atoms. The van der Waals surface area contributed by atoms with Gasteiger partial charge in [-0.25, -0.2) is 9.98 Å². The summed E-state index contributed by atoms with van der Waals surface area (Å²) in [5, 5.41) is 10.9. The molecule has 0 spiro atoms. The Morgan fingerprint density at radius 1 is 1.50 bits per heavy atom. The van der Waals surface area contributed by atoms with Crippen LogP contribution in [0.2, 0.25) is 0 Å². The molecule has 1 heterocycles. The second kappa shape index (κ2) is 3.83. The van der Waals surface area contributed by atoms with E-state index in [0.29, 0.717) is 5.13 Å². The first-order valence-corrected chi connectivity index (χ1v) is 5.24. The summed E-state index contributed by atoms with van der Waals surface area (Å²) in [5.41, 5.74) is 1.12. The van der Waals surface area contributed by atoms with E-state index in [2.05, 4.69) is 9.98 Å². The number of thiazole rings is 1. The van der Waals surface area contributed by atoms with Gasteiger partial charge in [-0.05, 0) is 37.0 Å². The summed E-state index contributed by atoms with van der Waals surface area (Å²) in [6, 6.07) is 0. The molecule has 1 saturated carbocycles. The molecule has 0 aromatic carbocycles. The zero-order valence-corrected chi connectivity index (χ0v) is 8.29. The number of nitrogens with zero attached hydrogens (tertiary/aromatic N) is 3. The molecular weight excluding hydrogens is 202 g/mol. The molecule has 1 aromatic heterocycles. The average molecular weight is 211 g/mol. The Morgan fingerprint density at radius 2 is 2.21 bits per heavy atom. The van der Waals surface area contributed by atoms with Gasteiger partial charge in [0, 0.05) is 5.71 Å². The number of nitro groups is 1. The molecule has 5 nitrogen and oxygen atoms in total. The Morgan fingerprint density at radius 3 is 2.79 bits per heavy atom. The van der Waals surface area contributed by atoms with Crippen molar-refractivity contribution < 1.29 is 4.92 Å². The van der Waals surface area contributed by atoms with Gasteiger partial charge in [0.15, 0.2) is 0 Å². The molecule has 2 rings (SSSR count). The maximum atomic E-state index is 10.4. The van der Waals surface area contributed by atoms with Crippen LogP contribution in [0.5, 0.6) is 0 Å². The van der Waals surface area contributed by atoms with Crippen LogP contribution >= 0.6 is 11.3 Å². The van der Waals surface area contributed by atoms with Crippen molar-refractivity contribution in [2.75, 3.05) is 0 Å². The van der Waals surface area contributed by atoms with Gasteiger partial charge in [-0.15, -0.1) is 0 Å². The molecule has 1 aromatic rings. The number of hydrogen-bond acceptors (Lipinski definition) is 5. The van der Waals surface area contributed by atoms with Gasteiger partial charge < -0.3 is 0 Å². The van der Waals surface area contributed by atoms with Crippen molar-refractivity contribution >= 4 is 27.2 Å². The van der Waals surface area contributed by atoms with Gasteiger partial charge >= 0.3 is 5.00 Å². The number of hydrogen-bond donors (Lipinski definition) is 0. The van der Waals surface area contributed by atoms with Crippen LogP contribution in [0.1, 0.15) is 25.7 Å². The van der Waals surface area contributed by atoms with Crippen LogP contribution in [0.4, 0.5) is 10.1 Å². The summed E-state index contributed by atoms with van der Waals surface area (Å²) >= 11 is 1.03. The second-order valence-electron chi connectivity index (χ2n) is 3.12. The average Bonchev–Trinajstić information content (AvgIpc) is 2.75. The van der Waals surface area contributed by atoms with Crippen LogP contribution < -0.4 is 0 Å². The lowest BCUT2D eigenvalue weighted by molar-refractivity contribution is -0.380. The van der Waals surface area contributed by atoms with Crippen LogP contribution in [0.15, 0.2) is 11.2 Å². The van der Waals surface area contributed by atoms with E-state index in [1.807, 2.05) is 0 Å². The van der Waals surface area contributed by atoms with E-state index in [4.69, 9.17) is 0 Å². The molecule has 0 aliphatic heterocycles. The van der Waals surface area contributed by atoms with Gasteiger partial charge in [-0.3, -0.25) is 10.1 Å². The number of aliphatic imine (C=N–C) groups is 1. The Labute approximate surface area is 84.7 Å². The van der Waals surface area contributed by atoms with Crippen molar-refractivity contribution in [1.29, 1.82) is 0 Å². The lowest BCUT2D eigenvalue weighted by atomic mass is 10.3. The van der Waals surface area contributed by atoms with Crippen molar-refractivity contribution in [2.24, 2.45) is 4.99 Å². The molecule has 0 amide bonds. The third-order valence-corrected chi connectivity index (χ3v) is 2.94. The van der Waals surface area contributed by atoms with Gasteiger partial charge in [0.1, 0.15) is 6.20 Å². The Kier molecular flexibility index (Phi) is 2.53. The summed E-state index contributed by atoms with van der Waals surface area (Å²) in [5.74, 6) is 0. The van der Waals surface area contributed by atoms with E-state index in [9.17, 15) is 10.1 Å². The molecule has 1 fully saturated rings. The maximum Gasteiger partial charge on any atom is 0.345 e. The minimum absolute atomic E-state index is 0.0577. The van der Waals surface area contributed by atoms with Crippen molar-refractivity contribution in [2.45, 2.75) is 25.7 Å². The van der Waals surface area contributed by atoms with Crippen LogP contribution in [0.3, 0.4) is 0 Å². The fourth-order valence-electron chi connectivity index (χ4n) is 1.42. The quantitative estimate of drug-likeness (QED) is 0.557. The minimum atomic E-state index is -0.435. The largest absolute Gasteiger partial charge is 0.345 e. The predicted octanol–water partition coefficient (Wildman–Crippen LogP) is 2.70. The maximum absolute atomic E-state index is 10.4. The lowest BCUT2D eigenvalue weighted by Crippen LogP contribution is -1.85. The van der Waals surface area contributed by atoms with Crippen LogP contribution in [-0.2, 0) is 0 Å². The van der Waals surface area contributed by atoms with Crippen LogP contribution in [-0.4, -0.2) is 15.6 Å². The van der Waals surface area contributed by atoms with Gasteiger partial charge in [0.2, 0.25) is 5.13 Å². The smallest absolute Gasteiger partial charge is 0.257 e. The monoisotopic (exact) mass is 211 g/mol. The standard InChI is InChI=1S/C8H9N3O2S/c12-11(13)7-5-9-8(14-7)10-6-3-1-2-4-6/h5H,1-4H2. The van der Waals surface area contributed by atoms with Gasteiger partial charge in [0.05, 0.1) is 4.92 Å². The molecular formula is C8H9N3O2S. The Hall–Kier alpha value is -1.30. The first-order chi connectivity index (χ1) is 6.75.